The average Bonchev–Trinajstić information content (AvgIpc) is 3.35. The Morgan fingerprint density at radius 1 is 0.800 bits per heavy atom. The number of carbonyl (C=O) groups is 3. The third-order valence-electron chi connectivity index (χ3n) is 7.57. The number of aliphatic hydroxyl groups excluding tert-OH is 1. The van der Waals surface area contributed by atoms with Gasteiger partial charge in [0.25, 0.3) is 0 Å². The predicted molar refractivity (Wildman–Crippen MR) is 139 cm³/mol. The van der Waals surface area contributed by atoms with Gasteiger partial charge in [0, 0.05) is 25.2 Å². The minimum absolute atomic E-state index is 0.105. The Labute approximate surface area is 213 Å². The molecule has 6 nitrogen and oxygen atoms in total. The molecule has 0 aliphatic heterocycles. The molecule has 5 atom stereocenters. The Morgan fingerprint density at radius 2 is 1.43 bits per heavy atom. The summed E-state index contributed by atoms with van der Waals surface area (Å²) in [5.41, 5.74) is 0. The predicted octanol–water partition coefficient (Wildman–Crippen LogP) is 6.41. The fourth-order valence-corrected chi connectivity index (χ4v) is 5.59. The van der Waals surface area contributed by atoms with E-state index in [1.165, 1.54) is 25.7 Å². The molecule has 0 aromatic heterocycles. The summed E-state index contributed by atoms with van der Waals surface area (Å²) in [5.74, 6) is 1.12. The number of ether oxygens (including phenoxy) is 2. The third kappa shape index (κ3) is 12.4. The van der Waals surface area contributed by atoms with E-state index in [-0.39, 0.29) is 29.9 Å². The highest BCUT2D eigenvalue weighted by molar-refractivity contribution is 5.84. The van der Waals surface area contributed by atoms with E-state index in [1.54, 1.807) is 0 Å². The van der Waals surface area contributed by atoms with E-state index in [1.807, 2.05) is 13.8 Å². The number of Topliss-reactive ketones (excluding diaryl/α,β-unsaturated/α-hetero) is 1. The van der Waals surface area contributed by atoms with Crippen LogP contribution in [0.15, 0.2) is 0 Å². The van der Waals surface area contributed by atoms with Gasteiger partial charge in [-0.1, -0.05) is 59.3 Å². The summed E-state index contributed by atoms with van der Waals surface area (Å²) in [5, 5.41) is 9.95. The lowest BCUT2D eigenvalue weighted by atomic mass is 9.87. The van der Waals surface area contributed by atoms with E-state index in [4.69, 9.17) is 9.47 Å². The topological polar surface area (TPSA) is 89.9 Å². The van der Waals surface area contributed by atoms with Gasteiger partial charge >= 0.3 is 11.9 Å². The number of esters is 2. The first-order chi connectivity index (χ1) is 16.9. The van der Waals surface area contributed by atoms with Crippen molar-refractivity contribution in [3.05, 3.63) is 0 Å². The smallest absolute Gasteiger partial charge is 0.306 e. The van der Waals surface area contributed by atoms with Crippen molar-refractivity contribution in [3.8, 4) is 0 Å². The molecule has 0 saturated heterocycles. The van der Waals surface area contributed by atoms with Crippen LogP contribution in [-0.2, 0) is 23.9 Å². The van der Waals surface area contributed by atoms with Crippen LogP contribution < -0.4 is 0 Å². The summed E-state index contributed by atoms with van der Waals surface area (Å²) in [6.45, 7) is 9.12. The maximum atomic E-state index is 11.8. The first kappa shape index (κ1) is 31.6. The molecular weight excluding hydrogens is 444 g/mol. The maximum Gasteiger partial charge on any atom is 0.306 e. The van der Waals surface area contributed by atoms with Crippen molar-refractivity contribution < 1.29 is 29.0 Å². The second-order valence-corrected chi connectivity index (χ2v) is 10.4. The van der Waals surface area contributed by atoms with Crippen molar-refractivity contribution in [3.63, 3.8) is 0 Å². The second kappa shape index (κ2) is 18.8. The summed E-state index contributed by atoms with van der Waals surface area (Å²) in [4.78, 5) is 34.9. The lowest BCUT2D eigenvalue weighted by Crippen LogP contribution is -2.22. The molecule has 0 radical (unpaired) electrons. The Morgan fingerprint density at radius 3 is 2.06 bits per heavy atom. The van der Waals surface area contributed by atoms with Crippen molar-refractivity contribution >= 4 is 17.7 Å². The van der Waals surface area contributed by atoms with Gasteiger partial charge in [0.05, 0.1) is 19.3 Å². The lowest BCUT2D eigenvalue weighted by molar-refractivity contribution is -0.146. The molecule has 2 aliphatic carbocycles. The van der Waals surface area contributed by atoms with Crippen LogP contribution in [-0.4, -0.2) is 42.1 Å². The van der Waals surface area contributed by atoms with Crippen LogP contribution >= 0.6 is 0 Å². The number of hydrogen-bond donors (Lipinski definition) is 1. The van der Waals surface area contributed by atoms with E-state index >= 15 is 0 Å². The standard InChI is InChI=1S/C15H26O3.C14H26O3/c1-3-5-6-7-13-12(8-9-14(13)16)11-15(17)18-10-4-2;1-3-5-6-7-12-11(8-9-13(12)15)10-14(16)17-4-2/h12-13H,3-11H2,1-2H3;11-13,15H,3-10H2,1-2H3. The Balaban J connectivity index is 0.000000351. The SMILES string of the molecule is CCCCCC1C(=O)CCC1CC(=O)OCCC.CCCCCC1C(O)CCC1CC(=O)OCC. The van der Waals surface area contributed by atoms with Gasteiger partial charge in [-0.3, -0.25) is 14.4 Å². The second-order valence-electron chi connectivity index (χ2n) is 10.4. The Bertz CT molecular complexity index is 604. The van der Waals surface area contributed by atoms with E-state index < -0.39 is 0 Å². The highest BCUT2D eigenvalue weighted by Crippen LogP contribution is 2.38. The number of unbranched alkanes of at least 4 members (excludes halogenated alkanes) is 4. The highest BCUT2D eigenvalue weighted by atomic mass is 16.5. The minimum atomic E-state index is -0.203. The molecule has 2 fully saturated rings. The van der Waals surface area contributed by atoms with Crippen LogP contribution in [0.4, 0.5) is 0 Å². The summed E-state index contributed by atoms with van der Waals surface area (Å²) in [6, 6.07) is 0. The van der Waals surface area contributed by atoms with Gasteiger partial charge < -0.3 is 14.6 Å². The molecule has 2 rings (SSSR count). The molecule has 204 valence electrons. The monoisotopic (exact) mass is 496 g/mol. The first-order valence-electron chi connectivity index (χ1n) is 14.4. The van der Waals surface area contributed by atoms with Crippen molar-refractivity contribution in [1.82, 2.24) is 0 Å². The lowest BCUT2D eigenvalue weighted by Gasteiger charge is -2.21. The molecule has 0 amide bonds. The molecule has 0 spiro atoms. The zero-order valence-electron chi connectivity index (χ0n) is 22.9. The van der Waals surface area contributed by atoms with E-state index in [0.717, 1.165) is 51.4 Å². The van der Waals surface area contributed by atoms with Crippen LogP contribution in [0.1, 0.15) is 124 Å². The summed E-state index contributed by atoms with van der Waals surface area (Å²) in [6.07, 6.45) is 14.0. The van der Waals surface area contributed by atoms with Crippen molar-refractivity contribution in [2.45, 2.75) is 130 Å². The molecule has 0 aromatic rings. The summed E-state index contributed by atoms with van der Waals surface area (Å²) in [7, 11) is 0. The van der Waals surface area contributed by atoms with Gasteiger partial charge in [0.1, 0.15) is 5.78 Å². The van der Waals surface area contributed by atoms with Crippen LogP contribution in [0.2, 0.25) is 0 Å². The molecule has 0 aromatic carbocycles. The van der Waals surface area contributed by atoms with Gasteiger partial charge in [-0.15, -0.1) is 0 Å². The van der Waals surface area contributed by atoms with Crippen molar-refractivity contribution in [2.75, 3.05) is 13.2 Å². The molecule has 35 heavy (non-hydrogen) atoms. The number of rotatable bonds is 15. The van der Waals surface area contributed by atoms with E-state index in [2.05, 4.69) is 13.8 Å². The molecule has 6 heteroatoms. The number of carbonyl (C=O) groups excluding carboxylic acids is 3. The molecular formula is C29H52O6. The van der Waals surface area contributed by atoms with Gasteiger partial charge in [-0.2, -0.15) is 0 Å². The van der Waals surface area contributed by atoms with Crippen LogP contribution in [0.25, 0.3) is 0 Å². The minimum Gasteiger partial charge on any atom is -0.466 e. The van der Waals surface area contributed by atoms with Crippen LogP contribution in [0, 0.1) is 23.7 Å². The molecule has 2 saturated carbocycles. The highest BCUT2D eigenvalue weighted by Gasteiger charge is 2.36. The number of ketones is 1. The zero-order chi connectivity index (χ0) is 26.1. The normalized spacial score (nSPS) is 25.7. The number of hydrogen-bond acceptors (Lipinski definition) is 6. The van der Waals surface area contributed by atoms with Gasteiger partial charge in [-0.25, -0.2) is 0 Å². The largest absolute Gasteiger partial charge is 0.466 e. The van der Waals surface area contributed by atoms with E-state index in [9.17, 15) is 19.5 Å². The van der Waals surface area contributed by atoms with Crippen molar-refractivity contribution in [1.29, 1.82) is 0 Å². The zero-order valence-corrected chi connectivity index (χ0v) is 22.9. The van der Waals surface area contributed by atoms with Crippen LogP contribution in [0.5, 0.6) is 0 Å². The maximum absolute atomic E-state index is 11.8. The quantitative estimate of drug-likeness (QED) is 0.208. The summed E-state index contributed by atoms with van der Waals surface area (Å²) < 4.78 is 10.1. The fraction of sp³-hybridized carbons (Fsp3) is 0.897. The van der Waals surface area contributed by atoms with Crippen molar-refractivity contribution in [2.24, 2.45) is 23.7 Å². The average molecular weight is 497 g/mol. The summed E-state index contributed by atoms with van der Waals surface area (Å²) >= 11 is 0. The molecule has 1 N–H and O–H groups in total. The molecule has 0 bridgehead atoms. The van der Waals surface area contributed by atoms with Gasteiger partial charge in [0.2, 0.25) is 0 Å². The molecule has 2 aliphatic rings. The Hall–Kier alpha value is -1.43. The third-order valence-corrected chi connectivity index (χ3v) is 7.57. The Kier molecular flexibility index (Phi) is 17.0. The first-order valence-corrected chi connectivity index (χ1v) is 14.4. The van der Waals surface area contributed by atoms with E-state index in [0.29, 0.717) is 50.1 Å². The van der Waals surface area contributed by atoms with Gasteiger partial charge in [0.15, 0.2) is 0 Å². The van der Waals surface area contributed by atoms with Gasteiger partial charge in [-0.05, 0) is 63.2 Å². The molecule has 5 unspecified atom stereocenters. The van der Waals surface area contributed by atoms with Crippen LogP contribution in [0.3, 0.4) is 0 Å². The number of aliphatic hydroxyl groups is 1. The fourth-order valence-electron chi connectivity index (χ4n) is 5.59. The molecule has 0 heterocycles.